The van der Waals surface area contributed by atoms with E-state index < -0.39 is 35.7 Å². The van der Waals surface area contributed by atoms with E-state index in [9.17, 15) is 14.4 Å². The number of aromatic nitrogens is 2. The van der Waals surface area contributed by atoms with Gasteiger partial charge in [0.05, 0.1) is 0 Å². The van der Waals surface area contributed by atoms with E-state index in [1.807, 2.05) is 0 Å². The third-order valence-corrected chi connectivity index (χ3v) is 3.10. The SMILES string of the molecule is O=C(O)c1nccnc1N1C(=O)C2CCC(O2)C1=O. The first kappa shape index (κ1) is 11.7. The number of morpholine rings is 1. The standard InChI is InChI=1S/C11H9N3O5/c15-9-5-1-2-6(19-5)10(16)14(9)8-7(11(17)18)12-3-4-13-8/h3-6H,1-2H2,(H,17,18). The molecule has 8 heteroatoms. The molecule has 2 saturated heterocycles. The van der Waals surface area contributed by atoms with Crippen molar-refractivity contribution < 1.29 is 24.2 Å². The van der Waals surface area contributed by atoms with E-state index in [4.69, 9.17) is 9.84 Å². The second-order valence-electron chi connectivity index (χ2n) is 4.24. The molecule has 0 aromatic carbocycles. The molecule has 8 nitrogen and oxygen atoms in total. The van der Waals surface area contributed by atoms with Crippen molar-refractivity contribution in [2.75, 3.05) is 4.90 Å². The van der Waals surface area contributed by atoms with Crippen LogP contribution in [-0.4, -0.2) is 45.1 Å². The first-order valence-corrected chi connectivity index (χ1v) is 5.67. The van der Waals surface area contributed by atoms with Gasteiger partial charge < -0.3 is 9.84 Å². The molecule has 2 fully saturated rings. The van der Waals surface area contributed by atoms with Gasteiger partial charge in [-0.15, -0.1) is 0 Å². The molecule has 0 spiro atoms. The summed E-state index contributed by atoms with van der Waals surface area (Å²) >= 11 is 0. The zero-order valence-electron chi connectivity index (χ0n) is 9.65. The van der Waals surface area contributed by atoms with Crippen molar-refractivity contribution in [2.45, 2.75) is 25.0 Å². The highest BCUT2D eigenvalue weighted by atomic mass is 16.5. The lowest BCUT2D eigenvalue weighted by molar-refractivity contribution is -0.146. The first-order chi connectivity index (χ1) is 9.09. The number of carbonyl (C=O) groups excluding carboxylic acids is 2. The zero-order valence-corrected chi connectivity index (χ0v) is 9.65. The van der Waals surface area contributed by atoms with Crippen LogP contribution in [-0.2, 0) is 14.3 Å². The summed E-state index contributed by atoms with van der Waals surface area (Å²) in [5.74, 6) is -2.75. The van der Waals surface area contributed by atoms with Crippen molar-refractivity contribution in [1.29, 1.82) is 0 Å². The van der Waals surface area contributed by atoms with Gasteiger partial charge in [-0.2, -0.15) is 0 Å². The highest BCUT2D eigenvalue weighted by Gasteiger charge is 2.48. The summed E-state index contributed by atoms with van der Waals surface area (Å²) in [6, 6.07) is 0. The van der Waals surface area contributed by atoms with Gasteiger partial charge >= 0.3 is 5.97 Å². The lowest BCUT2D eigenvalue weighted by Gasteiger charge is -2.29. The van der Waals surface area contributed by atoms with Gasteiger partial charge in [0.2, 0.25) is 0 Å². The van der Waals surface area contributed by atoms with Crippen LogP contribution in [0.25, 0.3) is 0 Å². The number of hydrogen-bond acceptors (Lipinski definition) is 6. The summed E-state index contributed by atoms with van der Waals surface area (Å²) in [5.41, 5.74) is -0.425. The Morgan fingerprint density at radius 1 is 1.21 bits per heavy atom. The third kappa shape index (κ3) is 1.68. The van der Waals surface area contributed by atoms with Gasteiger partial charge in [-0.25, -0.2) is 19.7 Å². The number of aromatic carboxylic acids is 1. The number of amides is 2. The molecular weight excluding hydrogens is 254 g/mol. The first-order valence-electron chi connectivity index (χ1n) is 5.67. The number of carboxylic acid groups (broad SMARTS) is 1. The number of ether oxygens (including phenoxy) is 1. The molecule has 3 heterocycles. The van der Waals surface area contributed by atoms with E-state index in [1.54, 1.807) is 0 Å². The van der Waals surface area contributed by atoms with Crippen LogP contribution in [0.4, 0.5) is 5.82 Å². The molecule has 0 radical (unpaired) electrons. The lowest BCUT2D eigenvalue weighted by atomic mass is 10.2. The van der Waals surface area contributed by atoms with Crippen molar-refractivity contribution in [3.8, 4) is 0 Å². The minimum atomic E-state index is -1.34. The maximum atomic E-state index is 12.1. The summed E-state index contributed by atoms with van der Waals surface area (Å²) in [4.78, 5) is 43.5. The van der Waals surface area contributed by atoms with Gasteiger partial charge in [0.25, 0.3) is 11.8 Å². The van der Waals surface area contributed by atoms with Gasteiger partial charge in [-0.1, -0.05) is 0 Å². The fourth-order valence-corrected chi connectivity index (χ4v) is 2.25. The molecular formula is C11H9N3O5. The van der Waals surface area contributed by atoms with E-state index in [2.05, 4.69) is 9.97 Å². The number of rotatable bonds is 2. The predicted octanol–water partition coefficient (Wildman–Crippen LogP) is -0.404. The summed E-state index contributed by atoms with van der Waals surface area (Å²) in [6.07, 6.45) is 1.93. The Kier molecular flexibility index (Phi) is 2.53. The van der Waals surface area contributed by atoms with Crippen LogP contribution in [0.5, 0.6) is 0 Å². The molecule has 98 valence electrons. The molecule has 2 aliphatic rings. The highest BCUT2D eigenvalue weighted by molar-refractivity contribution is 6.20. The van der Waals surface area contributed by atoms with Gasteiger partial charge in [-0.3, -0.25) is 9.59 Å². The minimum Gasteiger partial charge on any atom is -0.476 e. The molecule has 0 saturated carbocycles. The summed E-state index contributed by atoms with van der Waals surface area (Å²) in [7, 11) is 0. The lowest BCUT2D eigenvalue weighted by Crippen LogP contribution is -2.52. The fourth-order valence-electron chi connectivity index (χ4n) is 2.25. The number of anilines is 1. The molecule has 3 rings (SSSR count). The van der Waals surface area contributed by atoms with Gasteiger partial charge in [0, 0.05) is 12.4 Å². The number of carboxylic acids is 1. The molecule has 0 aliphatic carbocycles. The van der Waals surface area contributed by atoms with Gasteiger partial charge in [0.15, 0.2) is 11.5 Å². The average molecular weight is 263 g/mol. The largest absolute Gasteiger partial charge is 0.476 e. The second-order valence-corrected chi connectivity index (χ2v) is 4.24. The van der Waals surface area contributed by atoms with Crippen LogP contribution in [0.3, 0.4) is 0 Å². The van der Waals surface area contributed by atoms with Crippen LogP contribution < -0.4 is 4.90 Å². The van der Waals surface area contributed by atoms with Crippen molar-refractivity contribution in [3.05, 3.63) is 18.1 Å². The highest BCUT2D eigenvalue weighted by Crippen LogP contribution is 2.31. The number of imide groups is 1. The van der Waals surface area contributed by atoms with Crippen LogP contribution in [0, 0.1) is 0 Å². The van der Waals surface area contributed by atoms with Crippen molar-refractivity contribution in [3.63, 3.8) is 0 Å². The maximum absolute atomic E-state index is 12.1. The smallest absolute Gasteiger partial charge is 0.358 e. The number of nitrogens with zero attached hydrogens (tertiary/aromatic N) is 3. The third-order valence-electron chi connectivity index (χ3n) is 3.10. The van der Waals surface area contributed by atoms with E-state index in [-0.39, 0.29) is 5.82 Å². The topological polar surface area (TPSA) is 110 Å². The Bertz CT molecular complexity index is 565. The Hall–Kier alpha value is -2.35. The van der Waals surface area contributed by atoms with Crippen molar-refractivity contribution >= 4 is 23.6 Å². The second kappa shape index (κ2) is 4.09. The number of hydrogen-bond donors (Lipinski definition) is 1. The number of carbonyl (C=O) groups is 3. The minimum absolute atomic E-state index is 0.245. The molecule has 2 bridgehead atoms. The van der Waals surface area contributed by atoms with Gasteiger partial charge in [-0.05, 0) is 12.8 Å². The zero-order chi connectivity index (χ0) is 13.6. The molecule has 2 unspecified atom stereocenters. The average Bonchev–Trinajstić information content (AvgIpc) is 2.84. The molecule has 2 amide bonds. The van der Waals surface area contributed by atoms with E-state index in [1.165, 1.54) is 12.4 Å². The maximum Gasteiger partial charge on any atom is 0.358 e. The van der Waals surface area contributed by atoms with E-state index in [0.29, 0.717) is 12.8 Å². The number of fused-ring (bicyclic) bond motifs is 2. The quantitative estimate of drug-likeness (QED) is 0.722. The summed E-state index contributed by atoms with van der Waals surface area (Å²) in [5, 5.41) is 9.03. The van der Waals surface area contributed by atoms with E-state index in [0.717, 1.165) is 4.90 Å². The van der Waals surface area contributed by atoms with Crippen LogP contribution in [0.2, 0.25) is 0 Å². The predicted molar refractivity (Wildman–Crippen MR) is 59.4 cm³/mol. The Balaban J connectivity index is 2.09. The molecule has 19 heavy (non-hydrogen) atoms. The van der Waals surface area contributed by atoms with Crippen molar-refractivity contribution in [1.82, 2.24) is 9.97 Å². The molecule has 1 aromatic rings. The summed E-state index contributed by atoms with van der Waals surface area (Å²) in [6.45, 7) is 0. The summed E-state index contributed by atoms with van der Waals surface area (Å²) < 4.78 is 5.24. The molecule has 2 aliphatic heterocycles. The van der Waals surface area contributed by atoms with Crippen LogP contribution >= 0.6 is 0 Å². The molecule has 1 N–H and O–H groups in total. The van der Waals surface area contributed by atoms with Crippen molar-refractivity contribution in [2.24, 2.45) is 0 Å². The van der Waals surface area contributed by atoms with E-state index >= 15 is 0 Å². The Morgan fingerprint density at radius 2 is 1.79 bits per heavy atom. The molecule has 2 atom stereocenters. The Labute approximate surface area is 107 Å². The van der Waals surface area contributed by atoms with Crippen LogP contribution in [0.1, 0.15) is 23.3 Å². The fraction of sp³-hybridized carbons (Fsp3) is 0.364. The molecule has 1 aromatic heterocycles. The van der Waals surface area contributed by atoms with Crippen LogP contribution in [0.15, 0.2) is 12.4 Å². The normalized spacial score (nSPS) is 25.8. The monoisotopic (exact) mass is 263 g/mol. The Morgan fingerprint density at radius 3 is 2.37 bits per heavy atom. The van der Waals surface area contributed by atoms with Gasteiger partial charge in [0.1, 0.15) is 12.2 Å².